The van der Waals surface area contributed by atoms with Gasteiger partial charge in [0.25, 0.3) is 0 Å². The van der Waals surface area contributed by atoms with E-state index in [2.05, 4.69) is 22.1 Å². The number of hydrogen-bond donors (Lipinski definition) is 1. The predicted molar refractivity (Wildman–Crippen MR) is 72.7 cm³/mol. The Balaban J connectivity index is 2.16. The smallest absolute Gasteiger partial charge is 0.167 e. The number of likely N-dealkylation sites (N-methyl/N-ethyl adjacent to an activating group) is 1. The van der Waals surface area contributed by atoms with Gasteiger partial charge in [0.15, 0.2) is 11.6 Å². The van der Waals surface area contributed by atoms with Crippen molar-refractivity contribution in [3.05, 3.63) is 23.1 Å². The molecule has 18 heavy (non-hydrogen) atoms. The van der Waals surface area contributed by atoms with Crippen molar-refractivity contribution in [3.63, 3.8) is 0 Å². The highest BCUT2D eigenvalue weighted by molar-refractivity contribution is 6.30. The van der Waals surface area contributed by atoms with Crippen LogP contribution in [0.25, 0.3) is 0 Å². The van der Waals surface area contributed by atoms with Gasteiger partial charge < -0.3 is 10.2 Å². The minimum Gasteiger partial charge on any atom is -0.350 e. The van der Waals surface area contributed by atoms with E-state index in [-0.39, 0.29) is 5.82 Å². The van der Waals surface area contributed by atoms with Gasteiger partial charge in [0.1, 0.15) is 0 Å². The van der Waals surface area contributed by atoms with Crippen molar-refractivity contribution < 1.29 is 4.39 Å². The minimum atomic E-state index is -0.328. The number of anilines is 1. The Morgan fingerprint density at radius 3 is 3.11 bits per heavy atom. The summed E-state index contributed by atoms with van der Waals surface area (Å²) >= 11 is 5.74. The van der Waals surface area contributed by atoms with Gasteiger partial charge in [-0.3, -0.25) is 0 Å². The van der Waals surface area contributed by atoms with E-state index in [4.69, 9.17) is 11.6 Å². The number of pyridine rings is 1. The van der Waals surface area contributed by atoms with E-state index in [1.165, 1.54) is 18.7 Å². The van der Waals surface area contributed by atoms with Gasteiger partial charge in [-0.1, -0.05) is 18.5 Å². The first-order chi connectivity index (χ1) is 8.72. The molecule has 0 aromatic carbocycles. The van der Waals surface area contributed by atoms with Gasteiger partial charge in [-0.15, -0.1) is 0 Å². The maximum absolute atomic E-state index is 13.9. The van der Waals surface area contributed by atoms with E-state index >= 15 is 0 Å². The van der Waals surface area contributed by atoms with Crippen LogP contribution in [0.4, 0.5) is 10.2 Å². The molecule has 2 rings (SSSR count). The van der Waals surface area contributed by atoms with Crippen LogP contribution in [0.3, 0.4) is 0 Å². The van der Waals surface area contributed by atoms with Crippen molar-refractivity contribution in [3.8, 4) is 0 Å². The highest BCUT2D eigenvalue weighted by Crippen LogP contribution is 2.26. The van der Waals surface area contributed by atoms with Crippen LogP contribution < -0.4 is 10.2 Å². The third-order valence-corrected chi connectivity index (χ3v) is 3.52. The quantitative estimate of drug-likeness (QED) is 0.913. The molecule has 5 heteroatoms. The first kappa shape index (κ1) is 13.6. The van der Waals surface area contributed by atoms with Gasteiger partial charge in [0, 0.05) is 25.3 Å². The van der Waals surface area contributed by atoms with Gasteiger partial charge in [-0.25, -0.2) is 9.37 Å². The largest absolute Gasteiger partial charge is 0.350 e. The highest BCUT2D eigenvalue weighted by atomic mass is 35.5. The molecular formula is C13H19ClFN3. The molecule has 3 nitrogen and oxygen atoms in total. The normalized spacial score (nSPS) is 20.2. The van der Waals surface area contributed by atoms with Crippen LogP contribution in [-0.2, 0) is 0 Å². The molecule has 2 heterocycles. The van der Waals surface area contributed by atoms with Gasteiger partial charge in [0.2, 0.25) is 0 Å². The number of halogens is 2. The van der Waals surface area contributed by atoms with E-state index in [9.17, 15) is 4.39 Å². The fourth-order valence-electron chi connectivity index (χ4n) is 2.42. The summed E-state index contributed by atoms with van der Waals surface area (Å²) in [5.41, 5.74) is 0. The summed E-state index contributed by atoms with van der Waals surface area (Å²) in [6, 6.07) is 1.66. The molecule has 1 saturated heterocycles. The molecule has 1 aromatic rings. The molecule has 0 amide bonds. The van der Waals surface area contributed by atoms with Crippen LogP contribution in [0.15, 0.2) is 12.3 Å². The maximum Gasteiger partial charge on any atom is 0.167 e. The van der Waals surface area contributed by atoms with E-state index in [1.54, 1.807) is 0 Å². The van der Waals surface area contributed by atoms with Gasteiger partial charge >= 0.3 is 0 Å². The number of aromatic nitrogens is 1. The fraction of sp³-hybridized carbons (Fsp3) is 0.615. The average molecular weight is 272 g/mol. The lowest BCUT2D eigenvalue weighted by Crippen LogP contribution is -2.46. The van der Waals surface area contributed by atoms with E-state index in [0.29, 0.717) is 16.9 Å². The van der Waals surface area contributed by atoms with E-state index in [1.807, 2.05) is 0 Å². The first-order valence-corrected chi connectivity index (χ1v) is 6.88. The Hall–Kier alpha value is -0.870. The van der Waals surface area contributed by atoms with Crippen molar-refractivity contribution in [2.75, 3.05) is 24.5 Å². The Kier molecular flexibility index (Phi) is 4.78. The minimum absolute atomic E-state index is 0.321. The lowest BCUT2D eigenvalue weighted by Gasteiger charge is -2.37. The highest BCUT2D eigenvalue weighted by Gasteiger charge is 2.25. The van der Waals surface area contributed by atoms with Crippen molar-refractivity contribution in [2.24, 2.45) is 0 Å². The maximum atomic E-state index is 13.9. The van der Waals surface area contributed by atoms with Crippen LogP contribution in [0, 0.1) is 5.82 Å². The molecule has 0 spiro atoms. The number of hydrogen-bond acceptors (Lipinski definition) is 3. The molecule has 1 aliphatic heterocycles. The average Bonchev–Trinajstić information content (AvgIpc) is 2.37. The summed E-state index contributed by atoms with van der Waals surface area (Å²) in [5, 5.41) is 3.67. The van der Waals surface area contributed by atoms with Gasteiger partial charge in [-0.05, 0) is 31.9 Å². The van der Waals surface area contributed by atoms with Crippen molar-refractivity contribution >= 4 is 17.4 Å². The first-order valence-electron chi connectivity index (χ1n) is 6.50. The standard InChI is InChI=1S/C13H19ClFN3/c1-2-16-9-11-5-3-4-6-18(11)13-12(15)7-10(14)8-17-13/h7-8,11,16H,2-6,9H2,1H3. The lowest BCUT2D eigenvalue weighted by atomic mass is 10.0. The summed E-state index contributed by atoms with van der Waals surface area (Å²) in [4.78, 5) is 6.22. The number of rotatable bonds is 4. The monoisotopic (exact) mass is 271 g/mol. The molecule has 1 unspecified atom stereocenters. The SMILES string of the molecule is CCNCC1CCCCN1c1ncc(Cl)cc1F. The van der Waals surface area contributed by atoms with Gasteiger partial charge in [-0.2, -0.15) is 0 Å². The molecule has 1 aromatic heterocycles. The summed E-state index contributed by atoms with van der Waals surface area (Å²) in [7, 11) is 0. The topological polar surface area (TPSA) is 28.2 Å². The molecule has 100 valence electrons. The summed E-state index contributed by atoms with van der Waals surface area (Å²) in [5.74, 6) is 0.105. The Bertz CT molecular complexity index is 400. The van der Waals surface area contributed by atoms with Crippen molar-refractivity contribution in [1.82, 2.24) is 10.3 Å². The molecule has 1 atom stereocenters. The van der Waals surface area contributed by atoms with Crippen LogP contribution in [0.5, 0.6) is 0 Å². The second-order valence-corrected chi connectivity index (χ2v) is 5.05. The molecule has 0 radical (unpaired) electrons. The van der Waals surface area contributed by atoms with Crippen LogP contribution >= 0.6 is 11.6 Å². The molecule has 0 aliphatic carbocycles. The molecule has 0 bridgehead atoms. The predicted octanol–water partition coefficient (Wildman–Crippen LogP) is 2.84. The number of nitrogens with one attached hydrogen (secondary N) is 1. The Labute approximate surface area is 112 Å². The second kappa shape index (κ2) is 6.34. The molecule has 0 saturated carbocycles. The summed E-state index contributed by atoms with van der Waals surface area (Å²) in [6.07, 6.45) is 4.88. The number of piperidine rings is 1. The molecule has 1 fully saturated rings. The Morgan fingerprint density at radius 1 is 1.56 bits per heavy atom. The summed E-state index contributed by atoms with van der Waals surface area (Å²) in [6.45, 7) is 4.75. The van der Waals surface area contributed by atoms with E-state index < -0.39 is 0 Å². The molecular weight excluding hydrogens is 253 g/mol. The zero-order valence-electron chi connectivity index (χ0n) is 10.6. The van der Waals surface area contributed by atoms with E-state index in [0.717, 1.165) is 32.5 Å². The van der Waals surface area contributed by atoms with Crippen LogP contribution in [-0.4, -0.2) is 30.7 Å². The third-order valence-electron chi connectivity index (χ3n) is 3.32. The van der Waals surface area contributed by atoms with Crippen LogP contribution in [0.1, 0.15) is 26.2 Å². The molecule has 1 aliphatic rings. The number of nitrogens with zero attached hydrogens (tertiary/aromatic N) is 2. The molecule has 1 N–H and O–H groups in total. The zero-order chi connectivity index (χ0) is 13.0. The van der Waals surface area contributed by atoms with Crippen molar-refractivity contribution in [1.29, 1.82) is 0 Å². The van der Waals surface area contributed by atoms with Crippen LogP contribution in [0.2, 0.25) is 5.02 Å². The Morgan fingerprint density at radius 2 is 2.39 bits per heavy atom. The fourth-order valence-corrected chi connectivity index (χ4v) is 2.57. The van der Waals surface area contributed by atoms with Crippen molar-refractivity contribution in [2.45, 2.75) is 32.2 Å². The van der Waals surface area contributed by atoms with Gasteiger partial charge in [0.05, 0.1) is 5.02 Å². The third kappa shape index (κ3) is 3.12. The zero-order valence-corrected chi connectivity index (χ0v) is 11.4. The summed E-state index contributed by atoms with van der Waals surface area (Å²) < 4.78 is 13.9. The lowest BCUT2D eigenvalue weighted by molar-refractivity contribution is 0.430. The second-order valence-electron chi connectivity index (χ2n) is 4.61.